The highest BCUT2D eigenvalue weighted by atomic mass is 32.2. The van der Waals surface area contributed by atoms with Crippen LogP contribution in [0.4, 0.5) is 0 Å². The molecule has 150 valence electrons. The maximum Gasteiger partial charge on any atom is 0.150 e. The van der Waals surface area contributed by atoms with Gasteiger partial charge in [0.05, 0.1) is 18.0 Å². The van der Waals surface area contributed by atoms with Gasteiger partial charge in [0.2, 0.25) is 0 Å². The summed E-state index contributed by atoms with van der Waals surface area (Å²) in [7, 11) is -2.88. The fourth-order valence-corrected chi connectivity index (χ4v) is 7.70. The van der Waals surface area contributed by atoms with Crippen LogP contribution < -0.4 is 5.32 Å². The summed E-state index contributed by atoms with van der Waals surface area (Å²) in [5.41, 5.74) is 0. The van der Waals surface area contributed by atoms with Crippen molar-refractivity contribution in [2.24, 2.45) is 5.92 Å². The number of nitrogens with zero attached hydrogens (tertiary/aromatic N) is 1. The fraction of sp³-hybridized carbons (Fsp3) is 1.00. The van der Waals surface area contributed by atoms with Gasteiger partial charge in [-0.15, -0.1) is 0 Å². The molecule has 4 aliphatic rings. The average molecular weight is 403 g/mol. The van der Waals surface area contributed by atoms with Crippen LogP contribution in [-0.2, 0) is 14.6 Å². The Morgan fingerprint density at radius 1 is 1.08 bits per heavy atom. The van der Waals surface area contributed by atoms with Gasteiger partial charge >= 0.3 is 0 Å². The van der Waals surface area contributed by atoms with E-state index >= 15 is 0 Å². The largest absolute Gasteiger partial charge is 0.362 e. The zero-order chi connectivity index (χ0) is 18.1. The van der Waals surface area contributed by atoms with Gasteiger partial charge in [-0.25, -0.2) is 8.42 Å². The number of sulfone groups is 1. The summed E-state index contributed by atoms with van der Waals surface area (Å²) >= 11 is 2.06. The molecule has 0 aromatic carbocycles. The van der Waals surface area contributed by atoms with E-state index in [0.29, 0.717) is 17.5 Å². The van der Waals surface area contributed by atoms with Crippen LogP contribution in [-0.4, -0.2) is 67.4 Å². The first kappa shape index (κ1) is 19.5. The topological polar surface area (TPSA) is 58.6 Å². The predicted molar refractivity (Wildman–Crippen MR) is 107 cm³/mol. The summed E-state index contributed by atoms with van der Waals surface area (Å²) in [4.78, 5) is 2.64. The molecule has 3 saturated heterocycles. The van der Waals surface area contributed by atoms with Crippen molar-refractivity contribution in [1.82, 2.24) is 10.2 Å². The zero-order valence-corrected chi connectivity index (χ0v) is 17.6. The fourth-order valence-electron chi connectivity index (χ4n) is 5.40. The summed E-state index contributed by atoms with van der Waals surface area (Å²) in [5, 5.41) is 4.38. The molecule has 5 nitrogen and oxygen atoms in total. The molecule has 4 atom stereocenters. The number of hydrogen-bond acceptors (Lipinski definition) is 6. The number of piperidine rings is 1. The van der Waals surface area contributed by atoms with E-state index in [-0.39, 0.29) is 11.5 Å². The van der Waals surface area contributed by atoms with Gasteiger partial charge in [0.15, 0.2) is 0 Å². The second-order valence-corrected chi connectivity index (χ2v) is 12.4. The van der Waals surface area contributed by atoms with Crippen LogP contribution in [0.5, 0.6) is 0 Å². The lowest BCUT2D eigenvalue weighted by molar-refractivity contribution is -0.0390. The van der Waals surface area contributed by atoms with Crippen molar-refractivity contribution in [3.63, 3.8) is 0 Å². The minimum absolute atomic E-state index is 0.114. The van der Waals surface area contributed by atoms with E-state index in [1.165, 1.54) is 37.7 Å². The summed E-state index contributed by atoms with van der Waals surface area (Å²) < 4.78 is 29.9. The number of thioether (sulfide) groups is 1. The van der Waals surface area contributed by atoms with Crippen molar-refractivity contribution >= 4 is 21.6 Å². The molecule has 4 fully saturated rings. The van der Waals surface area contributed by atoms with E-state index in [0.717, 1.165) is 51.2 Å². The third-order valence-electron chi connectivity index (χ3n) is 6.94. The predicted octanol–water partition coefficient (Wildman–Crippen LogP) is 2.61. The second kappa shape index (κ2) is 8.27. The molecule has 4 unspecified atom stereocenters. The SMILES string of the molecule is CS(=O)(=O)C1CCC(N2CCC3CCC(OCC4CCCS4)NC32)CC1. The lowest BCUT2D eigenvalue weighted by Gasteiger charge is -2.42. The summed E-state index contributed by atoms with van der Waals surface area (Å²) in [5.74, 6) is 2.03. The molecule has 26 heavy (non-hydrogen) atoms. The van der Waals surface area contributed by atoms with Crippen LogP contribution in [0.2, 0.25) is 0 Å². The molecule has 4 rings (SSSR count). The summed E-state index contributed by atoms with van der Waals surface area (Å²) in [6, 6.07) is 0.541. The Labute approximate surface area is 162 Å². The highest BCUT2D eigenvalue weighted by Gasteiger charge is 2.43. The molecule has 0 amide bonds. The van der Waals surface area contributed by atoms with Gasteiger partial charge in [-0.1, -0.05) is 0 Å². The summed E-state index contributed by atoms with van der Waals surface area (Å²) in [6.07, 6.45) is 12.0. The molecule has 7 heteroatoms. The number of hydrogen-bond donors (Lipinski definition) is 1. The molecule has 0 aromatic rings. The lowest BCUT2D eigenvalue weighted by atomic mass is 9.92. The van der Waals surface area contributed by atoms with Crippen molar-refractivity contribution in [2.45, 2.75) is 86.7 Å². The maximum absolute atomic E-state index is 11.8. The van der Waals surface area contributed by atoms with Crippen LogP contribution in [0.3, 0.4) is 0 Å². The Hall–Kier alpha value is 0.180. The Kier molecular flexibility index (Phi) is 6.20. The number of rotatable bonds is 5. The molecule has 1 saturated carbocycles. The van der Waals surface area contributed by atoms with E-state index in [1.807, 2.05) is 0 Å². The average Bonchev–Trinajstić information content (AvgIpc) is 3.28. The molecular weight excluding hydrogens is 368 g/mol. The van der Waals surface area contributed by atoms with Crippen LogP contribution in [0.25, 0.3) is 0 Å². The van der Waals surface area contributed by atoms with Gasteiger partial charge in [-0.2, -0.15) is 11.8 Å². The lowest BCUT2D eigenvalue weighted by Crippen LogP contribution is -2.56. The first-order chi connectivity index (χ1) is 12.5. The molecule has 0 radical (unpaired) electrons. The third kappa shape index (κ3) is 4.43. The van der Waals surface area contributed by atoms with Crippen LogP contribution in [0.1, 0.15) is 57.8 Å². The zero-order valence-electron chi connectivity index (χ0n) is 15.9. The molecular formula is C19H34N2O3S2. The smallest absolute Gasteiger partial charge is 0.150 e. The van der Waals surface area contributed by atoms with Crippen molar-refractivity contribution < 1.29 is 13.2 Å². The maximum atomic E-state index is 11.8. The van der Waals surface area contributed by atoms with Gasteiger partial charge in [-0.3, -0.25) is 10.2 Å². The minimum atomic E-state index is -2.88. The van der Waals surface area contributed by atoms with Crippen molar-refractivity contribution in [2.75, 3.05) is 25.2 Å². The third-order valence-corrected chi connectivity index (χ3v) is 9.99. The molecule has 1 aliphatic carbocycles. The van der Waals surface area contributed by atoms with Gasteiger partial charge < -0.3 is 4.74 Å². The number of fused-ring (bicyclic) bond motifs is 1. The molecule has 3 aliphatic heterocycles. The highest BCUT2D eigenvalue weighted by molar-refractivity contribution is 8.00. The van der Waals surface area contributed by atoms with Crippen molar-refractivity contribution in [3.05, 3.63) is 0 Å². The van der Waals surface area contributed by atoms with Gasteiger partial charge in [0.25, 0.3) is 0 Å². The van der Waals surface area contributed by atoms with Crippen LogP contribution in [0.15, 0.2) is 0 Å². The van der Waals surface area contributed by atoms with Gasteiger partial charge in [0, 0.05) is 24.1 Å². The molecule has 0 bridgehead atoms. The van der Waals surface area contributed by atoms with Crippen LogP contribution >= 0.6 is 11.8 Å². The monoisotopic (exact) mass is 402 g/mol. The normalized spacial score (nSPS) is 42.0. The number of nitrogens with one attached hydrogen (secondary N) is 1. The number of likely N-dealkylation sites (tertiary alicyclic amines) is 1. The first-order valence-corrected chi connectivity index (χ1v) is 13.4. The van der Waals surface area contributed by atoms with Crippen molar-refractivity contribution in [3.8, 4) is 0 Å². The second-order valence-electron chi connectivity index (χ2n) is 8.69. The molecule has 3 heterocycles. The Morgan fingerprint density at radius 3 is 2.58 bits per heavy atom. The Bertz CT molecular complexity index is 571. The minimum Gasteiger partial charge on any atom is -0.362 e. The van der Waals surface area contributed by atoms with E-state index in [1.54, 1.807) is 0 Å². The summed E-state index contributed by atoms with van der Waals surface area (Å²) in [6.45, 7) is 2.04. The molecule has 0 spiro atoms. The number of ether oxygens (including phenoxy) is 1. The van der Waals surface area contributed by atoms with E-state index in [4.69, 9.17) is 4.74 Å². The molecule has 1 N–H and O–H groups in total. The standard InChI is InChI=1S/C19H34N2O3S2/c1-26(22,23)17-7-5-15(6-8-17)21-11-10-14-4-9-18(20-19(14)21)24-13-16-3-2-12-25-16/h14-20H,2-13H2,1H3. The quantitative estimate of drug-likeness (QED) is 0.763. The van der Waals surface area contributed by atoms with E-state index < -0.39 is 9.84 Å². The molecule has 0 aromatic heterocycles. The van der Waals surface area contributed by atoms with Crippen LogP contribution in [0, 0.1) is 5.92 Å². The van der Waals surface area contributed by atoms with Crippen molar-refractivity contribution in [1.29, 1.82) is 0 Å². The Balaban J connectivity index is 1.29. The van der Waals surface area contributed by atoms with E-state index in [9.17, 15) is 8.42 Å². The van der Waals surface area contributed by atoms with Gasteiger partial charge in [-0.05, 0) is 69.5 Å². The Morgan fingerprint density at radius 2 is 1.88 bits per heavy atom. The van der Waals surface area contributed by atoms with E-state index in [2.05, 4.69) is 22.0 Å². The first-order valence-electron chi connectivity index (χ1n) is 10.4. The highest BCUT2D eigenvalue weighted by Crippen LogP contribution is 2.37. The van der Waals surface area contributed by atoms with Gasteiger partial charge in [0.1, 0.15) is 16.1 Å².